The molecule has 0 radical (unpaired) electrons. The third-order valence-electron chi connectivity index (χ3n) is 4.45. The van der Waals surface area contributed by atoms with Gasteiger partial charge in [-0.3, -0.25) is 9.69 Å². The Balaban J connectivity index is 0.00000363. The number of aliphatic carboxylic acids is 1. The number of ether oxygens (including phenoxy) is 1. The van der Waals surface area contributed by atoms with Gasteiger partial charge >= 0.3 is 47.8 Å². The van der Waals surface area contributed by atoms with Crippen LogP contribution in [-0.4, -0.2) is 52.9 Å². The summed E-state index contributed by atoms with van der Waals surface area (Å²) in [6.07, 6.45) is -4.76. The van der Waals surface area contributed by atoms with Crippen LogP contribution >= 0.6 is 0 Å². The zero-order valence-electron chi connectivity index (χ0n) is 16.4. The van der Waals surface area contributed by atoms with Crippen molar-refractivity contribution >= 4 is 47.1 Å². The van der Waals surface area contributed by atoms with Crippen LogP contribution in [0.4, 0.5) is 18.9 Å². The molecule has 0 unspecified atom stereocenters. The summed E-state index contributed by atoms with van der Waals surface area (Å²) in [7, 11) is 0. The number of carbonyl (C=O) groups is 2. The Kier molecular flexibility index (Phi) is 8.49. The quantitative estimate of drug-likeness (QED) is 0.456. The molecule has 162 valence electrons. The van der Waals surface area contributed by atoms with E-state index in [1.54, 1.807) is 30.3 Å². The number of alkyl halides is 3. The molecule has 0 aromatic heterocycles. The molecule has 3 aromatic carbocycles. The molecule has 5 nitrogen and oxygen atoms in total. The molecular weight excluding hydrogens is 434 g/mol. The van der Waals surface area contributed by atoms with Crippen molar-refractivity contribution in [3.63, 3.8) is 0 Å². The van der Waals surface area contributed by atoms with Crippen molar-refractivity contribution < 1.29 is 32.6 Å². The normalized spacial score (nSPS) is 10.8. The van der Waals surface area contributed by atoms with Crippen LogP contribution in [0, 0.1) is 6.92 Å². The molecule has 1 N–H and O–H groups in total. The number of carboxylic acids is 1. The molecule has 0 saturated carbocycles. The molecule has 0 aliphatic rings. The summed E-state index contributed by atoms with van der Waals surface area (Å²) in [5.41, 5.74) is 3.46. The predicted octanol–water partition coefficient (Wildman–Crippen LogP) is 4.53. The van der Waals surface area contributed by atoms with Crippen molar-refractivity contribution in [2.75, 3.05) is 4.90 Å². The van der Waals surface area contributed by atoms with E-state index >= 15 is 0 Å². The summed E-state index contributed by atoms with van der Waals surface area (Å²) >= 11 is 0. The van der Waals surface area contributed by atoms with Crippen molar-refractivity contribution in [1.29, 1.82) is 0 Å². The minimum absolute atomic E-state index is 0. The molecule has 0 heterocycles. The SMILES string of the molecule is Cc1cccc(CN(C(=O)C(=O)O)c2ccc(-c3ccc(OC(F)(F)F)cc3)cc2)c1.[NaH]. The zero-order valence-corrected chi connectivity index (χ0v) is 16.4. The molecule has 1 amide bonds. The van der Waals surface area contributed by atoms with Gasteiger partial charge in [-0.25, -0.2) is 4.79 Å². The Labute approximate surface area is 204 Å². The van der Waals surface area contributed by atoms with Crippen LogP contribution in [-0.2, 0) is 16.1 Å². The average molecular weight is 453 g/mol. The van der Waals surface area contributed by atoms with E-state index in [9.17, 15) is 27.9 Å². The maximum atomic E-state index is 12.3. The monoisotopic (exact) mass is 453 g/mol. The number of amides is 1. The van der Waals surface area contributed by atoms with E-state index in [1.807, 2.05) is 25.1 Å². The number of hydrogen-bond acceptors (Lipinski definition) is 3. The first-order valence-electron chi connectivity index (χ1n) is 9.19. The standard InChI is InChI=1S/C23H18F3NO4.Na.H/c1-15-3-2-4-16(13-15)14-27(21(28)22(29)30)19-9-5-17(6-10-19)18-7-11-20(12-8-18)31-23(24,25)26;;/h2-13H,14H2,1H3,(H,29,30);;. The number of anilines is 1. The topological polar surface area (TPSA) is 66.8 Å². The number of carboxylic acid groups (broad SMARTS) is 1. The summed E-state index contributed by atoms with van der Waals surface area (Å²) in [6, 6.07) is 19.2. The third-order valence-corrected chi connectivity index (χ3v) is 4.45. The fourth-order valence-electron chi connectivity index (χ4n) is 3.07. The first-order valence-corrected chi connectivity index (χ1v) is 9.19. The van der Waals surface area contributed by atoms with Crippen LogP contribution in [0.1, 0.15) is 11.1 Å². The molecular formula is C23H19F3NNaO4. The maximum absolute atomic E-state index is 12.3. The number of carbonyl (C=O) groups excluding carboxylic acids is 1. The van der Waals surface area contributed by atoms with Crippen LogP contribution in [0.15, 0.2) is 72.8 Å². The Morgan fingerprint density at radius 1 is 0.938 bits per heavy atom. The van der Waals surface area contributed by atoms with Gasteiger partial charge in [-0.05, 0) is 47.9 Å². The van der Waals surface area contributed by atoms with Crippen molar-refractivity contribution in [3.8, 4) is 16.9 Å². The van der Waals surface area contributed by atoms with Crippen molar-refractivity contribution in [1.82, 2.24) is 0 Å². The molecule has 0 aliphatic heterocycles. The molecule has 9 heteroatoms. The second-order valence-corrected chi connectivity index (χ2v) is 6.80. The molecule has 0 fully saturated rings. The van der Waals surface area contributed by atoms with E-state index in [0.29, 0.717) is 16.8 Å². The van der Waals surface area contributed by atoms with Gasteiger partial charge in [0.25, 0.3) is 0 Å². The van der Waals surface area contributed by atoms with Gasteiger partial charge in [-0.15, -0.1) is 13.2 Å². The van der Waals surface area contributed by atoms with E-state index in [4.69, 9.17) is 0 Å². The predicted molar refractivity (Wildman–Crippen MR) is 116 cm³/mol. The summed E-state index contributed by atoms with van der Waals surface area (Å²) in [5.74, 6) is -2.97. The number of nitrogens with zero attached hydrogens (tertiary/aromatic N) is 1. The fraction of sp³-hybridized carbons (Fsp3) is 0.130. The van der Waals surface area contributed by atoms with Crippen LogP contribution in [0.5, 0.6) is 5.75 Å². The van der Waals surface area contributed by atoms with Gasteiger partial charge in [-0.2, -0.15) is 0 Å². The second kappa shape index (κ2) is 10.7. The number of halogens is 3. The number of rotatable bonds is 5. The first-order chi connectivity index (χ1) is 14.6. The molecule has 32 heavy (non-hydrogen) atoms. The third kappa shape index (κ3) is 6.85. The van der Waals surface area contributed by atoms with Crippen LogP contribution in [0.2, 0.25) is 0 Å². The summed E-state index contributed by atoms with van der Waals surface area (Å²) in [4.78, 5) is 24.7. The van der Waals surface area contributed by atoms with E-state index in [0.717, 1.165) is 16.0 Å². The van der Waals surface area contributed by atoms with Gasteiger partial charge in [0.2, 0.25) is 0 Å². The molecule has 0 aliphatic carbocycles. The Morgan fingerprint density at radius 2 is 1.50 bits per heavy atom. The minimum atomic E-state index is -4.76. The molecule has 0 saturated heterocycles. The zero-order chi connectivity index (χ0) is 22.6. The number of aryl methyl sites for hydroxylation is 1. The fourth-order valence-corrected chi connectivity index (χ4v) is 3.07. The van der Waals surface area contributed by atoms with E-state index < -0.39 is 18.2 Å². The van der Waals surface area contributed by atoms with Gasteiger partial charge in [0.15, 0.2) is 0 Å². The molecule has 0 atom stereocenters. The van der Waals surface area contributed by atoms with Crippen molar-refractivity contribution in [2.24, 2.45) is 0 Å². The van der Waals surface area contributed by atoms with E-state index in [2.05, 4.69) is 4.74 Å². The Bertz CT molecular complexity index is 1080. The summed E-state index contributed by atoms with van der Waals surface area (Å²) in [5, 5.41) is 9.20. The first kappa shape index (κ1) is 25.5. The molecule has 0 bridgehead atoms. The van der Waals surface area contributed by atoms with Gasteiger partial charge in [-0.1, -0.05) is 54.1 Å². The van der Waals surface area contributed by atoms with Crippen LogP contribution < -0.4 is 9.64 Å². The average Bonchev–Trinajstić information content (AvgIpc) is 2.71. The molecule has 3 rings (SSSR count). The summed E-state index contributed by atoms with van der Waals surface area (Å²) in [6.45, 7) is 1.97. The van der Waals surface area contributed by atoms with Crippen molar-refractivity contribution in [2.45, 2.75) is 19.8 Å². The van der Waals surface area contributed by atoms with Gasteiger partial charge in [0.1, 0.15) is 5.75 Å². The van der Waals surface area contributed by atoms with Gasteiger partial charge in [0.05, 0.1) is 6.54 Å². The molecule has 0 spiro atoms. The van der Waals surface area contributed by atoms with Gasteiger partial charge < -0.3 is 9.84 Å². The number of benzene rings is 3. The molecule has 3 aromatic rings. The van der Waals surface area contributed by atoms with Crippen LogP contribution in [0.25, 0.3) is 11.1 Å². The van der Waals surface area contributed by atoms with E-state index in [1.165, 1.54) is 24.3 Å². The number of hydrogen-bond donors (Lipinski definition) is 1. The van der Waals surface area contributed by atoms with Gasteiger partial charge in [0, 0.05) is 5.69 Å². The van der Waals surface area contributed by atoms with E-state index in [-0.39, 0.29) is 41.9 Å². The second-order valence-electron chi connectivity index (χ2n) is 6.80. The Morgan fingerprint density at radius 3 is 2.00 bits per heavy atom. The van der Waals surface area contributed by atoms with Crippen molar-refractivity contribution in [3.05, 3.63) is 83.9 Å². The Hall–Kier alpha value is -2.81. The van der Waals surface area contributed by atoms with Crippen LogP contribution in [0.3, 0.4) is 0 Å². The summed E-state index contributed by atoms with van der Waals surface area (Å²) < 4.78 is 40.7.